The van der Waals surface area contributed by atoms with Gasteiger partial charge in [-0.2, -0.15) is 0 Å². The highest BCUT2D eigenvalue weighted by Gasteiger charge is 2.50. The van der Waals surface area contributed by atoms with E-state index in [1.54, 1.807) is 23.1 Å². The highest BCUT2D eigenvalue weighted by Crippen LogP contribution is 2.44. The van der Waals surface area contributed by atoms with Crippen LogP contribution in [0.25, 0.3) is 0 Å². The molecule has 0 aliphatic carbocycles. The summed E-state index contributed by atoms with van der Waals surface area (Å²) in [5, 5.41) is 11.3. The van der Waals surface area contributed by atoms with Gasteiger partial charge in [-0.3, -0.25) is 9.59 Å². The van der Waals surface area contributed by atoms with E-state index in [0.717, 1.165) is 20.9 Å². The largest absolute Gasteiger partial charge is 0.375 e. The Bertz CT molecular complexity index is 853. The lowest BCUT2D eigenvalue weighted by molar-refractivity contribution is -0.135. The molecule has 0 unspecified atom stereocenters. The van der Waals surface area contributed by atoms with Gasteiger partial charge in [-0.1, -0.05) is 41.4 Å². The van der Waals surface area contributed by atoms with Gasteiger partial charge in [0.05, 0.1) is 12.1 Å². The van der Waals surface area contributed by atoms with Gasteiger partial charge in [-0.15, -0.1) is 0 Å². The second-order valence-corrected chi connectivity index (χ2v) is 8.60. The fourth-order valence-corrected chi connectivity index (χ4v) is 3.92. The highest BCUT2D eigenvalue weighted by atomic mass is 127. The van der Waals surface area contributed by atoms with Crippen LogP contribution >= 0.6 is 38.5 Å². The van der Waals surface area contributed by atoms with Crippen LogP contribution in [0.4, 0.5) is 5.69 Å². The second kappa shape index (κ2) is 7.78. The number of ketones is 1. The van der Waals surface area contributed by atoms with Crippen LogP contribution in [0.3, 0.4) is 0 Å². The summed E-state index contributed by atoms with van der Waals surface area (Å²) in [6.45, 7) is 2.58. The quantitative estimate of drug-likeness (QED) is 0.439. The molecule has 0 aromatic heterocycles. The molecule has 1 aliphatic rings. The van der Waals surface area contributed by atoms with Crippen LogP contribution in [0.1, 0.15) is 42.1 Å². The number of hydrogen-bond acceptors (Lipinski definition) is 3. The average Bonchev–Trinajstić information content (AvgIpc) is 2.81. The third-order valence-corrected chi connectivity index (χ3v) is 5.82. The molecule has 1 atom stereocenters. The number of nitrogens with zero attached hydrogens (tertiary/aromatic N) is 1. The maximum atomic E-state index is 13.0. The molecule has 1 amide bonds. The van der Waals surface area contributed by atoms with Crippen molar-refractivity contribution in [1.82, 2.24) is 0 Å². The minimum Gasteiger partial charge on any atom is -0.375 e. The van der Waals surface area contributed by atoms with E-state index in [9.17, 15) is 14.7 Å². The number of benzene rings is 2. The zero-order chi connectivity index (χ0) is 18.9. The molecule has 0 bridgehead atoms. The first-order valence-electron chi connectivity index (χ1n) is 8.50. The van der Waals surface area contributed by atoms with Crippen molar-refractivity contribution in [3.8, 4) is 0 Å². The number of amides is 1. The van der Waals surface area contributed by atoms with Gasteiger partial charge in [0.25, 0.3) is 5.91 Å². The van der Waals surface area contributed by atoms with Crippen LogP contribution in [0, 0.1) is 3.57 Å². The maximum Gasteiger partial charge on any atom is 0.264 e. The maximum absolute atomic E-state index is 13.0. The lowest BCUT2D eigenvalue weighted by Gasteiger charge is -2.22. The van der Waals surface area contributed by atoms with Gasteiger partial charge in [0, 0.05) is 25.7 Å². The fraction of sp³-hybridized carbons (Fsp3) is 0.300. The van der Waals surface area contributed by atoms with E-state index in [-0.39, 0.29) is 12.2 Å². The lowest BCUT2D eigenvalue weighted by Crippen LogP contribution is -2.42. The molecule has 0 fully saturated rings. The SMILES string of the molecule is CCCCN1C(=O)[C@](O)(CC(=O)c2ccc(I)cc2)c2cc(Br)ccc21. The van der Waals surface area contributed by atoms with Gasteiger partial charge in [-0.05, 0) is 59.3 Å². The normalized spacial score (nSPS) is 18.9. The number of unbranched alkanes of at least 4 members (excludes halogenated alkanes) is 1. The Morgan fingerprint density at radius 3 is 2.58 bits per heavy atom. The monoisotopic (exact) mass is 527 g/mol. The van der Waals surface area contributed by atoms with E-state index in [1.165, 1.54) is 0 Å². The third-order valence-electron chi connectivity index (χ3n) is 4.61. The molecule has 4 nitrogen and oxygen atoms in total. The van der Waals surface area contributed by atoms with Crippen LogP contribution in [-0.4, -0.2) is 23.3 Å². The van der Waals surface area contributed by atoms with Crippen LogP contribution < -0.4 is 4.90 Å². The molecule has 1 N–H and O–H groups in total. The molecule has 1 heterocycles. The number of anilines is 1. The van der Waals surface area contributed by atoms with Crippen LogP contribution in [-0.2, 0) is 10.4 Å². The molecule has 6 heteroatoms. The van der Waals surface area contributed by atoms with Crippen molar-refractivity contribution in [2.24, 2.45) is 0 Å². The number of Topliss-reactive ketones (excluding diaryl/α,β-unsaturated/α-hetero) is 1. The molecule has 26 heavy (non-hydrogen) atoms. The van der Waals surface area contributed by atoms with E-state index >= 15 is 0 Å². The smallest absolute Gasteiger partial charge is 0.264 e. The topological polar surface area (TPSA) is 57.6 Å². The first kappa shape index (κ1) is 19.5. The van der Waals surface area contributed by atoms with Gasteiger partial charge in [0.15, 0.2) is 11.4 Å². The van der Waals surface area contributed by atoms with Crippen molar-refractivity contribution < 1.29 is 14.7 Å². The van der Waals surface area contributed by atoms with Crippen LogP contribution in [0.2, 0.25) is 0 Å². The zero-order valence-electron chi connectivity index (χ0n) is 14.3. The molecule has 2 aromatic carbocycles. The summed E-state index contributed by atoms with van der Waals surface area (Å²) < 4.78 is 1.79. The number of carbonyl (C=O) groups is 2. The summed E-state index contributed by atoms with van der Waals surface area (Å²) in [4.78, 5) is 27.4. The Morgan fingerprint density at radius 2 is 1.92 bits per heavy atom. The molecule has 0 saturated carbocycles. The van der Waals surface area contributed by atoms with Gasteiger partial charge >= 0.3 is 0 Å². The van der Waals surface area contributed by atoms with Gasteiger partial charge < -0.3 is 10.0 Å². The highest BCUT2D eigenvalue weighted by molar-refractivity contribution is 14.1. The Kier molecular flexibility index (Phi) is 5.84. The Labute approximate surface area is 174 Å². The molecule has 0 saturated heterocycles. The Morgan fingerprint density at radius 1 is 1.23 bits per heavy atom. The number of rotatable bonds is 6. The summed E-state index contributed by atoms with van der Waals surface area (Å²) in [6.07, 6.45) is 1.51. The van der Waals surface area contributed by atoms with Crippen molar-refractivity contribution in [3.05, 3.63) is 61.6 Å². The van der Waals surface area contributed by atoms with Gasteiger partial charge in [-0.25, -0.2) is 0 Å². The minimum absolute atomic E-state index is 0.250. The first-order valence-corrected chi connectivity index (χ1v) is 10.4. The molecule has 3 rings (SSSR count). The minimum atomic E-state index is -1.83. The van der Waals surface area contributed by atoms with E-state index in [0.29, 0.717) is 23.4 Å². The standard InChI is InChI=1S/C20H19BrINO3/c1-2-3-10-23-17-9-6-14(21)11-16(17)20(26,19(23)25)12-18(24)13-4-7-15(22)8-5-13/h4-9,11,26H,2-3,10,12H2,1H3/t20-/m0/s1. The van der Waals surface area contributed by atoms with Crippen molar-refractivity contribution in [2.75, 3.05) is 11.4 Å². The number of carbonyl (C=O) groups excluding carboxylic acids is 2. The predicted octanol–water partition coefficient (Wildman–Crippen LogP) is 4.66. The van der Waals surface area contributed by atoms with E-state index in [4.69, 9.17) is 0 Å². The average molecular weight is 528 g/mol. The summed E-state index contributed by atoms with van der Waals surface area (Å²) in [5.41, 5.74) is -0.154. The van der Waals surface area contributed by atoms with Crippen molar-refractivity contribution in [2.45, 2.75) is 31.8 Å². The van der Waals surface area contributed by atoms with Crippen molar-refractivity contribution >= 4 is 55.9 Å². The van der Waals surface area contributed by atoms with E-state index in [1.807, 2.05) is 24.3 Å². The molecular weight excluding hydrogens is 509 g/mol. The molecule has 1 aliphatic heterocycles. The van der Waals surface area contributed by atoms with Crippen LogP contribution in [0.15, 0.2) is 46.9 Å². The molecular formula is C20H19BrINO3. The third kappa shape index (κ3) is 3.59. The summed E-state index contributed by atoms with van der Waals surface area (Å²) >= 11 is 5.57. The second-order valence-electron chi connectivity index (χ2n) is 6.44. The van der Waals surface area contributed by atoms with Gasteiger partial charge in [0.1, 0.15) is 0 Å². The summed E-state index contributed by atoms with van der Waals surface area (Å²) in [7, 11) is 0. The van der Waals surface area contributed by atoms with Gasteiger partial charge in [0.2, 0.25) is 0 Å². The fourth-order valence-electron chi connectivity index (χ4n) is 3.20. The Hall–Kier alpha value is -1.25. The first-order chi connectivity index (χ1) is 12.4. The van der Waals surface area contributed by atoms with Crippen molar-refractivity contribution in [1.29, 1.82) is 0 Å². The molecule has 0 radical (unpaired) electrons. The van der Waals surface area contributed by atoms with Crippen molar-refractivity contribution in [3.63, 3.8) is 0 Å². The molecule has 136 valence electrons. The molecule has 0 spiro atoms. The summed E-state index contributed by atoms with van der Waals surface area (Å²) in [5.74, 6) is -0.668. The number of fused-ring (bicyclic) bond motifs is 1. The number of halogens is 2. The Balaban J connectivity index is 1.96. The van der Waals surface area contributed by atoms with E-state index in [2.05, 4.69) is 45.4 Å². The summed E-state index contributed by atoms with van der Waals surface area (Å²) in [6, 6.07) is 12.5. The number of aliphatic hydroxyl groups is 1. The molecule has 2 aromatic rings. The lowest BCUT2D eigenvalue weighted by atomic mass is 9.88. The predicted molar refractivity (Wildman–Crippen MR) is 113 cm³/mol. The zero-order valence-corrected chi connectivity index (χ0v) is 18.1. The number of hydrogen-bond donors (Lipinski definition) is 1. The van der Waals surface area contributed by atoms with E-state index < -0.39 is 11.5 Å². The van der Waals surface area contributed by atoms with Crippen LogP contribution in [0.5, 0.6) is 0 Å².